The quantitative estimate of drug-likeness (QED) is 0.693. The molecule has 1 aliphatic rings. The van der Waals surface area contributed by atoms with Crippen molar-refractivity contribution in [1.29, 1.82) is 0 Å². The first-order chi connectivity index (χ1) is 10.4. The van der Waals surface area contributed by atoms with Gasteiger partial charge in [0.15, 0.2) is 0 Å². The topological polar surface area (TPSA) is 12.0 Å². The van der Waals surface area contributed by atoms with Crippen LogP contribution in [0.25, 0.3) is 0 Å². The van der Waals surface area contributed by atoms with Gasteiger partial charge in [-0.2, -0.15) is 0 Å². The molecule has 0 saturated heterocycles. The predicted molar refractivity (Wildman–Crippen MR) is 91.8 cm³/mol. The molecule has 1 aromatic carbocycles. The molecule has 0 amide bonds. The number of benzene rings is 1. The number of aryl methyl sites for hydroxylation is 1. The molecule has 1 saturated carbocycles. The summed E-state index contributed by atoms with van der Waals surface area (Å²) < 4.78 is 0. The van der Waals surface area contributed by atoms with Crippen molar-refractivity contribution in [2.45, 2.75) is 44.6 Å². The van der Waals surface area contributed by atoms with Gasteiger partial charge in [0, 0.05) is 10.9 Å². The molecular formula is C19H25NS. The summed E-state index contributed by atoms with van der Waals surface area (Å²) in [6, 6.07) is 15.9. The minimum absolute atomic E-state index is 0.586. The zero-order chi connectivity index (χ0) is 14.3. The summed E-state index contributed by atoms with van der Waals surface area (Å²) >= 11 is 1.91. The average molecular weight is 299 g/mol. The Hall–Kier alpha value is -1.12. The van der Waals surface area contributed by atoms with Gasteiger partial charge in [0.1, 0.15) is 0 Å². The van der Waals surface area contributed by atoms with Gasteiger partial charge in [-0.05, 0) is 55.2 Å². The Labute approximate surface area is 132 Å². The van der Waals surface area contributed by atoms with Crippen molar-refractivity contribution in [2.75, 3.05) is 6.54 Å². The van der Waals surface area contributed by atoms with Crippen molar-refractivity contribution < 1.29 is 0 Å². The van der Waals surface area contributed by atoms with Crippen molar-refractivity contribution in [2.24, 2.45) is 5.92 Å². The summed E-state index contributed by atoms with van der Waals surface area (Å²) in [5.74, 6) is 0.848. The smallest absolute Gasteiger partial charge is 0.0443 e. The summed E-state index contributed by atoms with van der Waals surface area (Å²) in [5.41, 5.74) is 1.45. The predicted octanol–water partition coefficient (Wildman–Crippen LogP) is 5.20. The maximum Gasteiger partial charge on any atom is 0.0443 e. The van der Waals surface area contributed by atoms with Crippen molar-refractivity contribution in [1.82, 2.24) is 5.32 Å². The minimum Gasteiger partial charge on any atom is -0.309 e. The van der Waals surface area contributed by atoms with E-state index < -0.39 is 0 Å². The van der Waals surface area contributed by atoms with Crippen LogP contribution in [-0.4, -0.2) is 6.54 Å². The van der Waals surface area contributed by atoms with Crippen LogP contribution in [0.15, 0.2) is 47.8 Å². The van der Waals surface area contributed by atoms with Crippen LogP contribution in [0.4, 0.5) is 0 Å². The lowest BCUT2D eigenvalue weighted by Crippen LogP contribution is -2.27. The van der Waals surface area contributed by atoms with E-state index in [1.807, 2.05) is 11.3 Å². The molecule has 2 heteroatoms. The molecule has 1 unspecified atom stereocenters. The summed E-state index contributed by atoms with van der Waals surface area (Å²) in [4.78, 5) is 1.53. The van der Waals surface area contributed by atoms with Crippen LogP contribution in [0, 0.1) is 5.92 Å². The first kappa shape index (κ1) is 14.8. The molecule has 1 nitrogen and oxygen atoms in total. The Kier molecular flexibility index (Phi) is 5.47. The van der Waals surface area contributed by atoms with Gasteiger partial charge in [0.25, 0.3) is 0 Å². The highest BCUT2D eigenvalue weighted by Gasteiger charge is 2.26. The van der Waals surface area contributed by atoms with E-state index in [9.17, 15) is 0 Å². The van der Waals surface area contributed by atoms with Gasteiger partial charge in [-0.1, -0.05) is 49.2 Å². The van der Waals surface area contributed by atoms with Crippen LogP contribution >= 0.6 is 11.3 Å². The van der Waals surface area contributed by atoms with Crippen LogP contribution < -0.4 is 5.32 Å². The monoisotopic (exact) mass is 299 g/mol. The van der Waals surface area contributed by atoms with E-state index in [1.54, 1.807) is 0 Å². The average Bonchev–Trinajstić information content (AvgIpc) is 3.22. The van der Waals surface area contributed by atoms with Crippen LogP contribution in [0.1, 0.15) is 48.6 Å². The maximum atomic E-state index is 3.84. The van der Waals surface area contributed by atoms with Crippen LogP contribution in [0.5, 0.6) is 0 Å². The standard InChI is InChI=1S/C19H25NS/c1-2-8-16(9-3-1)10-6-14-20-19(17-11-4-5-12-17)18-13-7-15-21-18/h1-3,7-9,13,15,17,19-20H,4-6,10-12,14H2. The van der Waals surface area contributed by atoms with Crippen molar-refractivity contribution >= 4 is 11.3 Å². The van der Waals surface area contributed by atoms with E-state index >= 15 is 0 Å². The van der Waals surface area contributed by atoms with E-state index in [1.165, 1.54) is 49.0 Å². The first-order valence-corrected chi connectivity index (χ1v) is 9.12. The lowest BCUT2D eigenvalue weighted by molar-refractivity contribution is 0.371. The molecule has 1 aromatic heterocycles. The minimum atomic E-state index is 0.586. The van der Waals surface area contributed by atoms with Gasteiger partial charge in [0.05, 0.1) is 0 Å². The van der Waals surface area contributed by atoms with Gasteiger partial charge >= 0.3 is 0 Å². The fourth-order valence-corrected chi connectivity index (χ4v) is 4.35. The number of hydrogen-bond donors (Lipinski definition) is 1. The summed E-state index contributed by atoms with van der Waals surface area (Å²) in [6.07, 6.45) is 8.02. The van der Waals surface area contributed by atoms with E-state index in [0.717, 1.165) is 12.5 Å². The molecular weight excluding hydrogens is 274 g/mol. The lowest BCUT2D eigenvalue weighted by atomic mass is 9.96. The second kappa shape index (κ2) is 7.77. The Morgan fingerprint density at radius 3 is 2.57 bits per heavy atom. The summed E-state index contributed by atoms with van der Waals surface area (Å²) in [7, 11) is 0. The molecule has 0 aliphatic heterocycles. The third kappa shape index (κ3) is 4.18. The zero-order valence-corrected chi connectivity index (χ0v) is 13.4. The first-order valence-electron chi connectivity index (χ1n) is 8.24. The van der Waals surface area contributed by atoms with Gasteiger partial charge in [-0.15, -0.1) is 11.3 Å². The van der Waals surface area contributed by atoms with Crippen LogP contribution in [0.3, 0.4) is 0 Å². The van der Waals surface area contributed by atoms with Gasteiger partial charge < -0.3 is 5.32 Å². The van der Waals surface area contributed by atoms with E-state index in [4.69, 9.17) is 0 Å². The Morgan fingerprint density at radius 2 is 1.86 bits per heavy atom. The third-order valence-electron chi connectivity index (χ3n) is 4.57. The molecule has 2 aromatic rings. The molecule has 0 bridgehead atoms. The highest BCUT2D eigenvalue weighted by atomic mass is 32.1. The third-order valence-corrected chi connectivity index (χ3v) is 5.53. The zero-order valence-electron chi connectivity index (χ0n) is 12.6. The maximum absolute atomic E-state index is 3.84. The van der Waals surface area contributed by atoms with Crippen molar-refractivity contribution in [3.05, 3.63) is 58.3 Å². The molecule has 0 spiro atoms. The Balaban J connectivity index is 1.50. The van der Waals surface area contributed by atoms with Crippen molar-refractivity contribution in [3.8, 4) is 0 Å². The summed E-state index contributed by atoms with van der Waals surface area (Å²) in [5, 5.41) is 6.06. The molecule has 112 valence electrons. The van der Waals surface area contributed by atoms with Gasteiger partial charge in [-0.25, -0.2) is 0 Å². The second-order valence-corrected chi connectivity index (χ2v) is 7.06. The largest absolute Gasteiger partial charge is 0.309 e. The normalized spacial score (nSPS) is 17.1. The molecule has 1 heterocycles. The van der Waals surface area contributed by atoms with E-state index in [-0.39, 0.29) is 0 Å². The molecule has 3 rings (SSSR count). The number of rotatable bonds is 7. The lowest BCUT2D eigenvalue weighted by Gasteiger charge is -2.24. The highest BCUT2D eigenvalue weighted by molar-refractivity contribution is 7.10. The fourth-order valence-electron chi connectivity index (χ4n) is 3.45. The highest BCUT2D eigenvalue weighted by Crippen LogP contribution is 2.37. The number of nitrogens with one attached hydrogen (secondary N) is 1. The Bertz CT molecular complexity index is 500. The van der Waals surface area contributed by atoms with E-state index in [2.05, 4.69) is 53.2 Å². The van der Waals surface area contributed by atoms with E-state index in [0.29, 0.717) is 6.04 Å². The van der Waals surface area contributed by atoms with Gasteiger partial charge in [0.2, 0.25) is 0 Å². The molecule has 0 radical (unpaired) electrons. The number of thiophene rings is 1. The molecule has 1 fully saturated rings. The Morgan fingerprint density at radius 1 is 1.05 bits per heavy atom. The van der Waals surface area contributed by atoms with Gasteiger partial charge in [-0.3, -0.25) is 0 Å². The second-order valence-electron chi connectivity index (χ2n) is 6.08. The number of hydrogen-bond acceptors (Lipinski definition) is 2. The van der Waals surface area contributed by atoms with Crippen LogP contribution in [-0.2, 0) is 6.42 Å². The molecule has 21 heavy (non-hydrogen) atoms. The van der Waals surface area contributed by atoms with Crippen molar-refractivity contribution in [3.63, 3.8) is 0 Å². The fraction of sp³-hybridized carbons (Fsp3) is 0.474. The molecule has 1 aliphatic carbocycles. The molecule has 1 atom stereocenters. The summed E-state index contributed by atoms with van der Waals surface area (Å²) in [6.45, 7) is 1.12. The van der Waals surface area contributed by atoms with Crippen LogP contribution in [0.2, 0.25) is 0 Å². The molecule has 1 N–H and O–H groups in total. The SMILES string of the molecule is c1ccc(CCCNC(c2cccs2)C2CCCC2)cc1.